The molecule has 1 spiro atoms. The van der Waals surface area contributed by atoms with Gasteiger partial charge in [-0.15, -0.1) is 0 Å². The summed E-state index contributed by atoms with van der Waals surface area (Å²) in [5.41, 5.74) is 17.5. The third-order valence-electron chi connectivity index (χ3n) is 13.4. The lowest BCUT2D eigenvalue weighted by molar-refractivity contribution is 0.360. The van der Waals surface area contributed by atoms with Crippen LogP contribution in [0.1, 0.15) is 35.1 Å². The van der Waals surface area contributed by atoms with E-state index in [1.54, 1.807) is 0 Å². The summed E-state index contributed by atoms with van der Waals surface area (Å²) in [6, 6.07) is 72.0. The van der Waals surface area contributed by atoms with Crippen LogP contribution in [0.2, 0.25) is 0 Å². The molecule has 62 heavy (non-hydrogen) atoms. The molecule has 1 unspecified atom stereocenters. The second-order valence-electron chi connectivity index (χ2n) is 16.6. The Bertz CT molecular complexity index is 3360. The monoisotopic (exact) mass is 793 g/mol. The number of fused-ring (bicyclic) bond motifs is 14. The number of para-hydroxylation sites is 1. The maximum Gasteiger partial charge on any atom is 0.178 e. The maximum atomic E-state index is 7.21. The first kappa shape index (κ1) is 34.9. The zero-order valence-electron chi connectivity index (χ0n) is 33.9. The topological polar surface area (TPSA) is 21.7 Å². The van der Waals surface area contributed by atoms with Gasteiger partial charge in [0.05, 0.1) is 16.8 Å². The maximum absolute atomic E-state index is 7.21. The molecule has 1 atom stereocenters. The Kier molecular flexibility index (Phi) is 7.65. The number of nitrogens with zero attached hydrogens (tertiary/aromatic N) is 1. The third-order valence-corrected chi connectivity index (χ3v) is 13.4. The largest absolute Gasteiger partial charge is 0.449 e. The fourth-order valence-corrected chi connectivity index (χ4v) is 10.7. The molecule has 0 fully saturated rings. The lowest BCUT2D eigenvalue weighted by Gasteiger charge is -2.32. The zero-order chi connectivity index (χ0) is 40.8. The molecule has 0 saturated carbocycles. The Morgan fingerprint density at radius 1 is 0.403 bits per heavy atom. The van der Waals surface area contributed by atoms with Gasteiger partial charge in [-0.3, -0.25) is 0 Å². The summed E-state index contributed by atoms with van der Waals surface area (Å²) < 4.78 is 14.0. The van der Waals surface area contributed by atoms with Gasteiger partial charge >= 0.3 is 0 Å². The minimum Gasteiger partial charge on any atom is -0.449 e. The first-order valence-corrected chi connectivity index (χ1v) is 21.6. The van der Waals surface area contributed by atoms with E-state index in [0.29, 0.717) is 11.5 Å². The molecule has 9 aromatic rings. The van der Waals surface area contributed by atoms with Crippen LogP contribution < -0.4 is 14.4 Å². The molecule has 9 aromatic carbocycles. The SMILES string of the molecule is C1=C2C(=CCC1)C1(c3ccccc32)c2ccccc2-c2c1ccc1c2Oc2cc(N(c3ccc(-c4ccc5ccccc5c4)cc3)c3ccccc3-c3ccccc3)ccc2O1. The Labute approximate surface area is 361 Å². The van der Waals surface area contributed by atoms with Crippen molar-refractivity contribution in [3.63, 3.8) is 0 Å². The summed E-state index contributed by atoms with van der Waals surface area (Å²) >= 11 is 0. The Hall–Kier alpha value is -7.88. The molecular formula is C59H39NO2. The average molecular weight is 794 g/mol. The summed E-state index contributed by atoms with van der Waals surface area (Å²) in [6.07, 6.45) is 7.01. The first-order valence-electron chi connectivity index (χ1n) is 21.6. The summed E-state index contributed by atoms with van der Waals surface area (Å²) in [6.45, 7) is 0. The Morgan fingerprint density at radius 2 is 1.06 bits per heavy atom. The predicted molar refractivity (Wildman–Crippen MR) is 253 cm³/mol. The summed E-state index contributed by atoms with van der Waals surface area (Å²) in [5, 5.41) is 2.47. The van der Waals surface area contributed by atoms with E-state index >= 15 is 0 Å². The number of allylic oxidation sites excluding steroid dienone is 4. The smallest absolute Gasteiger partial charge is 0.178 e. The lowest BCUT2D eigenvalue weighted by atomic mass is 9.69. The molecule has 0 N–H and O–H groups in total. The Morgan fingerprint density at radius 3 is 1.92 bits per heavy atom. The molecule has 0 bridgehead atoms. The van der Waals surface area contributed by atoms with Gasteiger partial charge in [0.15, 0.2) is 23.0 Å². The van der Waals surface area contributed by atoms with Gasteiger partial charge < -0.3 is 14.4 Å². The van der Waals surface area contributed by atoms with E-state index in [0.717, 1.165) is 63.7 Å². The Balaban J connectivity index is 0.954. The van der Waals surface area contributed by atoms with Gasteiger partial charge in [0.25, 0.3) is 0 Å². The van der Waals surface area contributed by atoms with Crippen LogP contribution >= 0.6 is 0 Å². The van der Waals surface area contributed by atoms with Crippen LogP contribution in [0.3, 0.4) is 0 Å². The standard InChI is InChI=1S/C59H39NO2/c1-2-15-40(16-3-1)45-18-9-13-25-53(45)60(43-30-28-39(29-31-43)42-27-26-38-14-4-5-17-41(38)36-42)44-32-34-54-56(37-44)62-58-55(61-54)35-33-52-57(58)48-21-8-12-24-51(48)59(52)49-22-10-6-19-46(49)47-20-7-11-23-50(47)59/h1-6,8-10,12-37H,7,11H2. The van der Waals surface area contributed by atoms with Crippen molar-refractivity contribution in [3.8, 4) is 56.4 Å². The number of anilines is 3. The van der Waals surface area contributed by atoms with E-state index in [4.69, 9.17) is 9.47 Å². The van der Waals surface area contributed by atoms with Crippen LogP contribution in [0.5, 0.6) is 23.0 Å². The molecule has 1 aliphatic heterocycles. The molecule has 3 aliphatic carbocycles. The highest BCUT2D eigenvalue weighted by atomic mass is 16.6. The molecule has 4 aliphatic rings. The van der Waals surface area contributed by atoms with Crippen molar-refractivity contribution < 1.29 is 9.47 Å². The third kappa shape index (κ3) is 5.06. The molecule has 0 amide bonds. The molecular weight excluding hydrogens is 755 g/mol. The molecule has 13 rings (SSSR count). The predicted octanol–water partition coefficient (Wildman–Crippen LogP) is 16.0. The first-order chi connectivity index (χ1) is 30.7. The fourth-order valence-electron chi connectivity index (χ4n) is 10.7. The average Bonchev–Trinajstić information content (AvgIpc) is 3.82. The number of ether oxygens (including phenoxy) is 2. The van der Waals surface area contributed by atoms with E-state index in [1.807, 2.05) is 0 Å². The molecule has 292 valence electrons. The van der Waals surface area contributed by atoms with E-state index in [-0.39, 0.29) is 0 Å². The molecule has 0 saturated heterocycles. The number of benzene rings is 9. The van der Waals surface area contributed by atoms with Gasteiger partial charge in [-0.25, -0.2) is 0 Å². The highest BCUT2D eigenvalue weighted by Gasteiger charge is 2.54. The van der Waals surface area contributed by atoms with E-state index in [1.165, 1.54) is 55.3 Å². The van der Waals surface area contributed by atoms with Crippen molar-refractivity contribution in [1.29, 1.82) is 0 Å². The van der Waals surface area contributed by atoms with Crippen LogP contribution in [0.15, 0.2) is 218 Å². The number of rotatable bonds is 5. The summed E-state index contributed by atoms with van der Waals surface area (Å²) in [7, 11) is 0. The van der Waals surface area contributed by atoms with E-state index in [2.05, 4.69) is 217 Å². The molecule has 3 heteroatoms. The van der Waals surface area contributed by atoms with Crippen LogP contribution in [0.25, 0.3) is 49.7 Å². The van der Waals surface area contributed by atoms with Gasteiger partial charge in [0.2, 0.25) is 0 Å². The molecule has 3 nitrogen and oxygen atoms in total. The van der Waals surface area contributed by atoms with E-state index < -0.39 is 5.41 Å². The highest BCUT2D eigenvalue weighted by Crippen LogP contribution is 2.67. The van der Waals surface area contributed by atoms with Crippen molar-refractivity contribution in [2.75, 3.05) is 4.90 Å². The van der Waals surface area contributed by atoms with Crippen molar-refractivity contribution >= 4 is 33.4 Å². The van der Waals surface area contributed by atoms with Crippen molar-refractivity contribution in [1.82, 2.24) is 0 Å². The summed E-state index contributed by atoms with van der Waals surface area (Å²) in [4.78, 5) is 2.34. The minimum atomic E-state index is -0.424. The second kappa shape index (κ2) is 13.6. The van der Waals surface area contributed by atoms with Crippen LogP contribution in [-0.2, 0) is 5.41 Å². The lowest BCUT2D eigenvalue weighted by Crippen LogP contribution is -2.26. The van der Waals surface area contributed by atoms with Gasteiger partial charge in [-0.05, 0) is 122 Å². The van der Waals surface area contributed by atoms with Gasteiger partial charge in [0.1, 0.15) is 0 Å². The highest BCUT2D eigenvalue weighted by molar-refractivity contribution is 6.02. The molecule has 0 aromatic heterocycles. The van der Waals surface area contributed by atoms with Crippen molar-refractivity contribution in [3.05, 3.63) is 240 Å². The number of hydrogen-bond acceptors (Lipinski definition) is 3. The van der Waals surface area contributed by atoms with Gasteiger partial charge in [-0.1, -0.05) is 164 Å². The molecule has 1 heterocycles. The normalized spacial score (nSPS) is 16.1. The zero-order valence-corrected chi connectivity index (χ0v) is 33.9. The second-order valence-corrected chi connectivity index (χ2v) is 16.6. The van der Waals surface area contributed by atoms with Crippen molar-refractivity contribution in [2.24, 2.45) is 0 Å². The summed E-state index contributed by atoms with van der Waals surface area (Å²) in [5.74, 6) is 2.86. The fraction of sp³-hybridized carbons (Fsp3) is 0.0508. The quantitative estimate of drug-likeness (QED) is 0.173. The van der Waals surface area contributed by atoms with Crippen LogP contribution in [0, 0.1) is 0 Å². The number of hydrogen-bond donors (Lipinski definition) is 0. The minimum absolute atomic E-state index is 0.424. The van der Waals surface area contributed by atoms with Crippen molar-refractivity contribution in [2.45, 2.75) is 18.3 Å². The van der Waals surface area contributed by atoms with Crippen LogP contribution in [0.4, 0.5) is 17.1 Å². The van der Waals surface area contributed by atoms with E-state index in [9.17, 15) is 0 Å². The van der Waals surface area contributed by atoms with Crippen LogP contribution in [-0.4, -0.2) is 0 Å². The molecule has 0 radical (unpaired) electrons. The van der Waals surface area contributed by atoms with Gasteiger partial charge in [-0.2, -0.15) is 0 Å². The van der Waals surface area contributed by atoms with Gasteiger partial charge in [0, 0.05) is 22.9 Å².